The van der Waals surface area contributed by atoms with Crippen molar-refractivity contribution in [1.82, 2.24) is 4.90 Å². The van der Waals surface area contributed by atoms with Gasteiger partial charge in [-0.05, 0) is 44.0 Å². The van der Waals surface area contributed by atoms with Crippen LogP contribution in [0.25, 0.3) is 0 Å². The van der Waals surface area contributed by atoms with Gasteiger partial charge < -0.3 is 5.73 Å². The normalized spacial score (nSPS) is 14.8. The zero-order valence-electron chi connectivity index (χ0n) is 11.4. The largest absolute Gasteiger partial charge is 0.329 e. The standard InChI is InChI=1S/C14H23ClN2S/c1-11(13-6-4-5-7-14(13)15)17(2)12(10-16)8-9-18-3/h4-7,11-12H,8-10,16H2,1-3H3. The van der Waals surface area contributed by atoms with Crippen molar-refractivity contribution in [3.05, 3.63) is 34.9 Å². The number of hydrogen-bond acceptors (Lipinski definition) is 3. The van der Waals surface area contributed by atoms with Crippen LogP contribution in [0, 0.1) is 0 Å². The van der Waals surface area contributed by atoms with Crippen molar-refractivity contribution in [3.63, 3.8) is 0 Å². The summed E-state index contributed by atoms with van der Waals surface area (Å²) in [6, 6.07) is 8.72. The van der Waals surface area contributed by atoms with Crippen LogP contribution in [0.3, 0.4) is 0 Å². The van der Waals surface area contributed by atoms with Gasteiger partial charge in [-0.15, -0.1) is 0 Å². The minimum Gasteiger partial charge on any atom is -0.329 e. The topological polar surface area (TPSA) is 29.3 Å². The highest BCUT2D eigenvalue weighted by Crippen LogP contribution is 2.28. The molecule has 0 amide bonds. The summed E-state index contributed by atoms with van der Waals surface area (Å²) >= 11 is 8.12. The molecular formula is C14H23ClN2S. The van der Waals surface area contributed by atoms with Crippen LogP contribution in [0.4, 0.5) is 0 Å². The third-order valence-corrected chi connectivity index (χ3v) is 4.46. The van der Waals surface area contributed by atoms with E-state index < -0.39 is 0 Å². The van der Waals surface area contributed by atoms with Crippen LogP contribution in [0.2, 0.25) is 5.02 Å². The molecule has 0 aliphatic rings. The summed E-state index contributed by atoms with van der Waals surface area (Å²) in [6.07, 6.45) is 3.24. The molecule has 0 aliphatic carbocycles. The van der Waals surface area contributed by atoms with Crippen molar-refractivity contribution in [1.29, 1.82) is 0 Å². The molecule has 2 unspecified atom stereocenters. The smallest absolute Gasteiger partial charge is 0.0453 e. The summed E-state index contributed by atoms with van der Waals surface area (Å²) in [5, 5.41) is 0.831. The van der Waals surface area contributed by atoms with Crippen molar-refractivity contribution in [2.24, 2.45) is 5.73 Å². The quantitative estimate of drug-likeness (QED) is 0.833. The molecule has 2 atom stereocenters. The second-order valence-electron chi connectivity index (χ2n) is 4.53. The molecule has 0 spiro atoms. The Morgan fingerprint density at radius 3 is 2.61 bits per heavy atom. The maximum atomic E-state index is 6.25. The van der Waals surface area contributed by atoms with Crippen LogP contribution < -0.4 is 5.73 Å². The van der Waals surface area contributed by atoms with Gasteiger partial charge in [-0.2, -0.15) is 11.8 Å². The first-order valence-corrected chi connectivity index (χ1v) is 8.04. The Morgan fingerprint density at radius 1 is 1.39 bits per heavy atom. The molecule has 2 N–H and O–H groups in total. The number of benzene rings is 1. The van der Waals surface area contributed by atoms with Gasteiger partial charge in [0, 0.05) is 23.7 Å². The molecule has 0 aliphatic heterocycles. The van der Waals surface area contributed by atoms with Gasteiger partial charge in [0.2, 0.25) is 0 Å². The van der Waals surface area contributed by atoms with Gasteiger partial charge in [0.1, 0.15) is 0 Å². The fraction of sp³-hybridized carbons (Fsp3) is 0.571. The average Bonchev–Trinajstić information content (AvgIpc) is 2.39. The number of thioether (sulfide) groups is 1. The van der Waals surface area contributed by atoms with Crippen LogP contribution in [-0.2, 0) is 0 Å². The first kappa shape index (κ1) is 15.8. The summed E-state index contributed by atoms with van der Waals surface area (Å²) in [5.41, 5.74) is 7.06. The number of nitrogens with zero attached hydrogens (tertiary/aromatic N) is 1. The third-order valence-electron chi connectivity index (χ3n) is 3.47. The van der Waals surface area contributed by atoms with Gasteiger partial charge in [-0.3, -0.25) is 4.90 Å². The number of halogens is 1. The maximum absolute atomic E-state index is 6.25. The minimum atomic E-state index is 0.286. The SMILES string of the molecule is CSCCC(CN)N(C)C(C)c1ccccc1Cl. The van der Waals surface area contributed by atoms with Crippen molar-refractivity contribution in [2.45, 2.75) is 25.4 Å². The van der Waals surface area contributed by atoms with Gasteiger partial charge >= 0.3 is 0 Å². The molecule has 102 valence electrons. The van der Waals surface area contributed by atoms with Crippen molar-refractivity contribution < 1.29 is 0 Å². The van der Waals surface area contributed by atoms with E-state index in [1.807, 2.05) is 30.0 Å². The molecule has 18 heavy (non-hydrogen) atoms. The third kappa shape index (κ3) is 4.16. The van der Waals surface area contributed by atoms with Gasteiger partial charge in [0.25, 0.3) is 0 Å². The minimum absolute atomic E-state index is 0.286. The van der Waals surface area contributed by atoms with Crippen LogP contribution in [0.1, 0.15) is 24.9 Å². The van der Waals surface area contributed by atoms with E-state index >= 15 is 0 Å². The van der Waals surface area contributed by atoms with E-state index in [9.17, 15) is 0 Å². The van der Waals surface area contributed by atoms with E-state index in [0.717, 1.165) is 17.2 Å². The second-order valence-corrected chi connectivity index (χ2v) is 5.93. The summed E-state index contributed by atoms with van der Waals surface area (Å²) in [6.45, 7) is 2.87. The molecule has 0 radical (unpaired) electrons. The Bertz CT molecular complexity index is 359. The predicted octanol–water partition coefficient (Wildman–Crippen LogP) is 3.41. The number of nitrogens with two attached hydrogens (primary N) is 1. The molecule has 0 saturated heterocycles. The van der Waals surface area contributed by atoms with Crippen LogP contribution in [-0.4, -0.2) is 36.5 Å². The Labute approximate surface area is 120 Å². The molecule has 4 heteroatoms. The van der Waals surface area contributed by atoms with Crippen molar-refractivity contribution in [3.8, 4) is 0 Å². The molecule has 0 aromatic heterocycles. The molecule has 1 rings (SSSR count). The van der Waals surface area contributed by atoms with Gasteiger partial charge in [-0.25, -0.2) is 0 Å². The molecule has 0 fully saturated rings. The highest BCUT2D eigenvalue weighted by Gasteiger charge is 2.20. The first-order valence-electron chi connectivity index (χ1n) is 6.27. The van der Waals surface area contributed by atoms with E-state index in [0.29, 0.717) is 12.6 Å². The molecule has 1 aromatic carbocycles. The average molecular weight is 287 g/mol. The summed E-state index contributed by atoms with van der Waals surface area (Å²) in [7, 11) is 2.13. The van der Waals surface area contributed by atoms with E-state index in [1.165, 1.54) is 5.56 Å². The zero-order chi connectivity index (χ0) is 13.5. The monoisotopic (exact) mass is 286 g/mol. The highest BCUT2D eigenvalue weighted by molar-refractivity contribution is 7.98. The summed E-state index contributed by atoms with van der Waals surface area (Å²) in [5.74, 6) is 1.14. The van der Waals surface area contributed by atoms with Crippen molar-refractivity contribution >= 4 is 23.4 Å². The van der Waals surface area contributed by atoms with E-state index in [2.05, 4.69) is 31.2 Å². The first-order chi connectivity index (χ1) is 8.61. The fourth-order valence-corrected chi connectivity index (χ4v) is 2.89. The molecular weight excluding hydrogens is 264 g/mol. The van der Waals surface area contributed by atoms with Crippen LogP contribution in [0.15, 0.2) is 24.3 Å². The Hall–Kier alpha value is -0.220. The fourth-order valence-electron chi connectivity index (χ4n) is 2.09. The lowest BCUT2D eigenvalue weighted by molar-refractivity contribution is 0.185. The molecule has 1 aromatic rings. The Kier molecular flexibility index (Phi) is 7.08. The molecule has 0 heterocycles. The summed E-state index contributed by atoms with van der Waals surface area (Å²) in [4.78, 5) is 2.33. The molecule has 0 saturated carbocycles. The van der Waals surface area contributed by atoms with E-state index in [1.54, 1.807) is 0 Å². The Balaban J connectivity index is 2.75. The Morgan fingerprint density at radius 2 is 2.06 bits per heavy atom. The lowest BCUT2D eigenvalue weighted by atomic mass is 10.0. The summed E-state index contributed by atoms with van der Waals surface area (Å²) < 4.78 is 0. The maximum Gasteiger partial charge on any atom is 0.0453 e. The van der Waals surface area contributed by atoms with Crippen LogP contribution >= 0.6 is 23.4 Å². The lowest BCUT2D eigenvalue weighted by Crippen LogP contribution is -2.39. The van der Waals surface area contributed by atoms with E-state index in [4.69, 9.17) is 17.3 Å². The van der Waals surface area contributed by atoms with Crippen molar-refractivity contribution in [2.75, 3.05) is 25.6 Å². The van der Waals surface area contributed by atoms with Gasteiger partial charge in [0.05, 0.1) is 0 Å². The number of likely N-dealkylation sites (N-methyl/N-ethyl adjacent to an activating group) is 1. The molecule has 0 bridgehead atoms. The van der Waals surface area contributed by atoms with E-state index in [-0.39, 0.29) is 6.04 Å². The zero-order valence-corrected chi connectivity index (χ0v) is 13.0. The predicted molar refractivity (Wildman–Crippen MR) is 83.5 cm³/mol. The number of rotatable bonds is 7. The molecule has 2 nitrogen and oxygen atoms in total. The van der Waals surface area contributed by atoms with Gasteiger partial charge in [0.15, 0.2) is 0 Å². The highest BCUT2D eigenvalue weighted by atomic mass is 35.5. The number of hydrogen-bond donors (Lipinski definition) is 1. The van der Waals surface area contributed by atoms with Crippen LogP contribution in [0.5, 0.6) is 0 Å². The van der Waals surface area contributed by atoms with Gasteiger partial charge in [-0.1, -0.05) is 29.8 Å². The second kappa shape index (κ2) is 8.05. The lowest BCUT2D eigenvalue weighted by Gasteiger charge is -2.33.